The number of hydrogen-bond donors (Lipinski definition) is 1. The number of aryl methyl sites for hydroxylation is 1. The van der Waals surface area contributed by atoms with Crippen LogP contribution in [0.4, 0.5) is 0 Å². The average molecular weight is 482 g/mol. The van der Waals surface area contributed by atoms with Crippen LogP contribution in [0.1, 0.15) is 39.7 Å². The lowest BCUT2D eigenvalue weighted by Crippen LogP contribution is -2.40. The fraction of sp³-hybridized carbons (Fsp3) is 0.464. The van der Waals surface area contributed by atoms with E-state index in [1.54, 1.807) is 11.8 Å². The number of aliphatic hydroxyl groups is 1. The third kappa shape index (κ3) is 7.07. The van der Waals surface area contributed by atoms with Gasteiger partial charge in [0.1, 0.15) is 5.69 Å². The monoisotopic (exact) mass is 481 g/mol. The van der Waals surface area contributed by atoms with Crippen molar-refractivity contribution in [2.24, 2.45) is 7.05 Å². The molecule has 0 aliphatic carbocycles. The SMILES string of the molecule is CC[C@@H](C)N(Cc1c(-c2ccccc2)nn(C)c1Oc1ccccc1OC)C[C@H](O)COC(C)C. The van der Waals surface area contributed by atoms with Crippen LogP contribution in [-0.2, 0) is 18.3 Å². The zero-order valence-corrected chi connectivity index (χ0v) is 21.8. The van der Waals surface area contributed by atoms with Gasteiger partial charge in [-0.1, -0.05) is 49.4 Å². The van der Waals surface area contributed by atoms with Gasteiger partial charge in [-0.15, -0.1) is 0 Å². The molecule has 0 aliphatic rings. The fourth-order valence-corrected chi connectivity index (χ4v) is 3.95. The first-order valence-corrected chi connectivity index (χ1v) is 12.3. The molecule has 7 nitrogen and oxygen atoms in total. The highest BCUT2D eigenvalue weighted by molar-refractivity contribution is 5.66. The summed E-state index contributed by atoms with van der Waals surface area (Å²) in [6.07, 6.45) is 0.425. The first kappa shape index (κ1) is 26.7. The molecule has 0 saturated carbocycles. The molecular formula is C28H39N3O4. The normalized spacial score (nSPS) is 13.3. The summed E-state index contributed by atoms with van der Waals surface area (Å²) in [5.41, 5.74) is 2.84. The summed E-state index contributed by atoms with van der Waals surface area (Å²) < 4.78 is 19.4. The van der Waals surface area contributed by atoms with E-state index < -0.39 is 6.10 Å². The number of aromatic nitrogens is 2. The largest absolute Gasteiger partial charge is 0.493 e. The molecule has 0 unspecified atom stereocenters. The van der Waals surface area contributed by atoms with E-state index in [0.29, 0.717) is 37.1 Å². The van der Waals surface area contributed by atoms with Gasteiger partial charge in [0, 0.05) is 31.7 Å². The average Bonchev–Trinajstić information content (AvgIpc) is 3.17. The van der Waals surface area contributed by atoms with E-state index in [-0.39, 0.29) is 12.1 Å². The summed E-state index contributed by atoms with van der Waals surface area (Å²) >= 11 is 0. The van der Waals surface area contributed by atoms with Gasteiger partial charge >= 0.3 is 0 Å². The van der Waals surface area contributed by atoms with Gasteiger partial charge in [-0.3, -0.25) is 4.90 Å². The number of rotatable bonds is 13. The summed E-state index contributed by atoms with van der Waals surface area (Å²) in [6, 6.07) is 18.0. The predicted molar refractivity (Wildman–Crippen MR) is 139 cm³/mol. The fourth-order valence-electron chi connectivity index (χ4n) is 3.95. The van der Waals surface area contributed by atoms with Crippen molar-refractivity contribution in [3.05, 3.63) is 60.2 Å². The number of ether oxygens (including phenoxy) is 3. The Labute approximate surface area is 209 Å². The third-order valence-corrected chi connectivity index (χ3v) is 6.05. The molecule has 0 radical (unpaired) electrons. The number of methoxy groups -OCH3 is 1. The molecule has 2 aromatic carbocycles. The van der Waals surface area contributed by atoms with Gasteiger partial charge in [-0.25, -0.2) is 4.68 Å². The van der Waals surface area contributed by atoms with Gasteiger partial charge in [0.05, 0.1) is 31.5 Å². The molecular weight excluding hydrogens is 442 g/mol. The summed E-state index contributed by atoms with van der Waals surface area (Å²) in [4.78, 5) is 2.27. The number of nitrogens with zero attached hydrogens (tertiary/aromatic N) is 3. The van der Waals surface area contributed by atoms with Crippen LogP contribution >= 0.6 is 0 Å². The zero-order chi connectivity index (χ0) is 25.4. The second-order valence-electron chi connectivity index (χ2n) is 9.10. The first-order chi connectivity index (χ1) is 16.8. The standard InChI is InChI=1S/C28H39N3O4/c1-7-21(4)31(17-23(32)19-34-20(2)3)18-24-27(22-13-9-8-10-14-22)29-30(5)28(24)35-26-16-12-11-15-25(26)33-6/h8-16,20-21,23,32H,7,17-19H2,1-6H3/t21-,23+/m1/s1. The molecule has 0 spiro atoms. The minimum atomic E-state index is -0.596. The molecule has 7 heteroatoms. The van der Waals surface area contributed by atoms with E-state index in [1.807, 2.05) is 63.4 Å². The van der Waals surface area contributed by atoms with E-state index >= 15 is 0 Å². The number of aliphatic hydroxyl groups excluding tert-OH is 1. The number of benzene rings is 2. The first-order valence-electron chi connectivity index (χ1n) is 12.3. The highest BCUT2D eigenvalue weighted by Gasteiger charge is 2.26. The molecule has 35 heavy (non-hydrogen) atoms. The molecule has 0 fully saturated rings. The lowest BCUT2D eigenvalue weighted by atomic mass is 10.1. The molecule has 0 bridgehead atoms. The van der Waals surface area contributed by atoms with Gasteiger partial charge in [0.25, 0.3) is 0 Å². The van der Waals surface area contributed by atoms with Crippen molar-refractivity contribution >= 4 is 0 Å². The summed E-state index contributed by atoms with van der Waals surface area (Å²) in [5.74, 6) is 1.93. The molecule has 3 aromatic rings. The molecule has 1 N–H and O–H groups in total. The van der Waals surface area contributed by atoms with E-state index in [2.05, 4.69) is 30.9 Å². The van der Waals surface area contributed by atoms with Gasteiger partial charge in [0.2, 0.25) is 5.88 Å². The van der Waals surface area contributed by atoms with E-state index in [9.17, 15) is 5.11 Å². The van der Waals surface area contributed by atoms with Crippen molar-refractivity contribution in [1.29, 1.82) is 0 Å². The van der Waals surface area contributed by atoms with Crippen LogP contribution in [0, 0.1) is 0 Å². The van der Waals surface area contributed by atoms with Gasteiger partial charge in [-0.05, 0) is 39.3 Å². The molecule has 190 valence electrons. The molecule has 2 atom stereocenters. The van der Waals surface area contributed by atoms with Gasteiger partial charge < -0.3 is 19.3 Å². The summed E-state index contributed by atoms with van der Waals surface area (Å²) in [6.45, 7) is 9.63. The van der Waals surface area contributed by atoms with E-state index in [0.717, 1.165) is 23.2 Å². The highest BCUT2D eigenvalue weighted by Crippen LogP contribution is 2.37. The van der Waals surface area contributed by atoms with Crippen LogP contribution in [0.25, 0.3) is 11.3 Å². The Morgan fingerprint density at radius 1 is 1.00 bits per heavy atom. The van der Waals surface area contributed by atoms with Crippen molar-refractivity contribution < 1.29 is 19.3 Å². The summed E-state index contributed by atoms with van der Waals surface area (Å²) in [7, 11) is 3.52. The summed E-state index contributed by atoms with van der Waals surface area (Å²) in [5, 5.41) is 15.6. The lowest BCUT2D eigenvalue weighted by molar-refractivity contribution is -0.0149. The highest BCUT2D eigenvalue weighted by atomic mass is 16.5. The molecule has 1 heterocycles. The molecule has 0 amide bonds. The number of para-hydroxylation sites is 2. The van der Waals surface area contributed by atoms with E-state index in [1.165, 1.54) is 0 Å². The zero-order valence-electron chi connectivity index (χ0n) is 21.8. The molecule has 3 rings (SSSR count). The molecule has 0 aliphatic heterocycles. The second kappa shape index (κ2) is 12.7. The van der Waals surface area contributed by atoms with Crippen molar-refractivity contribution in [1.82, 2.24) is 14.7 Å². The van der Waals surface area contributed by atoms with Crippen LogP contribution in [0.5, 0.6) is 17.4 Å². The van der Waals surface area contributed by atoms with Crippen LogP contribution in [0.3, 0.4) is 0 Å². The second-order valence-corrected chi connectivity index (χ2v) is 9.10. The van der Waals surface area contributed by atoms with Gasteiger partial charge in [0.15, 0.2) is 11.5 Å². The maximum atomic E-state index is 10.7. The Bertz CT molecular complexity index is 1050. The Kier molecular flexibility index (Phi) is 9.72. The maximum absolute atomic E-state index is 10.7. The lowest BCUT2D eigenvalue weighted by Gasteiger charge is -2.31. The van der Waals surface area contributed by atoms with Gasteiger partial charge in [-0.2, -0.15) is 5.10 Å². The van der Waals surface area contributed by atoms with Crippen molar-refractivity contribution in [2.45, 2.75) is 58.9 Å². The predicted octanol–water partition coefficient (Wildman–Crippen LogP) is 5.27. The maximum Gasteiger partial charge on any atom is 0.222 e. The van der Waals surface area contributed by atoms with E-state index in [4.69, 9.17) is 19.3 Å². The van der Waals surface area contributed by atoms with Crippen molar-refractivity contribution in [3.8, 4) is 28.6 Å². The Morgan fingerprint density at radius 3 is 2.29 bits per heavy atom. The Hall–Kier alpha value is -2.87. The molecule has 1 aromatic heterocycles. The Balaban J connectivity index is 2.00. The smallest absolute Gasteiger partial charge is 0.222 e. The third-order valence-electron chi connectivity index (χ3n) is 6.05. The van der Waals surface area contributed by atoms with Crippen molar-refractivity contribution in [2.75, 3.05) is 20.3 Å². The van der Waals surface area contributed by atoms with Crippen LogP contribution < -0.4 is 9.47 Å². The number of hydrogen-bond acceptors (Lipinski definition) is 6. The van der Waals surface area contributed by atoms with Crippen LogP contribution in [-0.4, -0.2) is 58.3 Å². The minimum absolute atomic E-state index is 0.0746. The quantitative estimate of drug-likeness (QED) is 0.358. The Morgan fingerprint density at radius 2 is 1.66 bits per heavy atom. The topological polar surface area (TPSA) is 69.0 Å². The van der Waals surface area contributed by atoms with Crippen LogP contribution in [0.15, 0.2) is 54.6 Å². The van der Waals surface area contributed by atoms with Crippen LogP contribution in [0.2, 0.25) is 0 Å². The molecule has 0 saturated heterocycles. The van der Waals surface area contributed by atoms with Crippen molar-refractivity contribution in [3.63, 3.8) is 0 Å². The minimum Gasteiger partial charge on any atom is -0.493 e.